The molecule has 0 spiro atoms. The second-order valence-corrected chi connectivity index (χ2v) is 7.68. The van der Waals surface area contributed by atoms with E-state index in [1.807, 2.05) is 0 Å². The first-order valence-corrected chi connectivity index (χ1v) is 9.84. The van der Waals surface area contributed by atoms with Gasteiger partial charge in [0.2, 0.25) is 5.43 Å². The van der Waals surface area contributed by atoms with Crippen molar-refractivity contribution in [1.82, 2.24) is 24.5 Å². The monoisotopic (exact) mass is 413 g/mol. The Morgan fingerprint density at radius 3 is 2.70 bits per heavy atom. The van der Waals surface area contributed by atoms with E-state index in [0.717, 1.165) is 32.0 Å². The van der Waals surface area contributed by atoms with Crippen molar-refractivity contribution in [1.29, 1.82) is 0 Å². The van der Waals surface area contributed by atoms with Gasteiger partial charge in [0.05, 0.1) is 30.6 Å². The Morgan fingerprint density at radius 1 is 1.23 bits per heavy atom. The van der Waals surface area contributed by atoms with Crippen LogP contribution in [0.4, 0.5) is 4.39 Å². The summed E-state index contributed by atoms with van der Waals surface area (Å²) in [5.41, 5.74) is 0.327. The minimum absolute atomic E-state index is 0.0525. The molecule has 1 saturated carbocycles. The molecule has 5 rings (SSSR count). The van der Waals surface area contributed by atoms with E-state index in [-0.39, 0.29) is 22.7 Å². The lowest BCUT2D eigenvalue weighted by molar-refractivity contribution is 0.0336. The van der Waals surface area contributed by atoms with Gasteiger partial charge < -0.3 is 14.4 Å². The van der Waals surface area contributed by atoms with Crippen LogP contribution in [0.15, 0.2) is 29.3 Å². The number of pyridine rings is 1. The molecular weight excluding hydrogens is 393 g/mol. The zero-order chi connectivity index (χ0) is 20.8. The highest BCUT2D eigenvalue weighted by molar-refractivity contribution is 5.93. The van der Waals surface area contributed by atoms with Crippen molar-refractivity contribution < 1.29 is 19.0 Å². The van der Waals surface area contributed by atoms with Gasteiger partial charge in [-0.15, -0.1) is 5.10 Å². The fourth-order valence-corrected chi connectivity index (χ4v) is 3.82. The maximum atomic E-state index is 14.9. The smallest absolute Gasteiger partial charge is 0.341 e. The highest BCUT2D eigenvalue weighted by Gasteiger charge is 2.27. The number of aromatic nitrogens is 4. The number of fused-ring (bicyclic) bond motifs is 1. The van der Waals surface area contributed by atoms with Crippen molar-refractivity contribution in [2.24, 2.45) is 0 Å². The highest BCUT2D eigenvalue weighted by Crippen LogP contribution is 2.37. The first-order valence-electron chi connectivity index (χ1n) is 9.84. The molecule has 2 fully saturated rings. The van der Waals surface area contributed by atoms with Gasteiger partial charge in [-0.25, -0.2) is 13.9 Å². The van der Waals surface area contributed by atoms with Crippen LogP contribution in [-0.2, 0) is 11.3 Å². The zero-order valence-electron chi connectivity index (χ0n) is 16.1. The molecule has 1 N–H and O–H groups in total. The van der Waals surface area contributed by atoms with Crippen molar-refractivity contribution in [3.63, 3.8) is 0 Å². The fourth-order valence-electron chi connectivity index (χ4n) is 3.82. The second-order valence-electron chi connectivity index (χ2n) is 7.68. The maximum absolute atomic E-state index is 14.9. The minimum Gasteiger partial charge on any atom is -0.477 e. The Kier molecular flexibility index (Phi) is 4.59. The summed E-state index contributed by atoms with van der Waals surface area (Å²) in [4.78, 5) is 26.2. The molecule has 1 aliphatic carbocycles. The van der Waals surface area contributed by atoms with E-state index in [0.29, 0.717) is 31.0 Å². The topological polar surface area (TPSA) is 102 Å². The van der Waals surface area contributed by atoms with Crippen molar-refractivity contribution in [2.75, 3.05) is 26.3 Å². The predicted octanol–water partition coefficient (Wildman–Crippen LogP) is 1.59. The van der Waals surface area contributed by atoms with Gasteiger partial charge in [0, 0.05) is 37.3 Å². The minimum atomic E-state index is -1.31. The van der Waals surface area contributed by atoms with Gasteiger partial charge in [0.25, 0.3) is 0 Å². The van der Waals surface area contributed by atoms with Crippen LogP contribution < -0.4 is 5.43 Å². The van der Waals surface area contributed by atoms with E-state index in [2.05, 4.69) is 15.2 Å². The number of hydrogen-bond acceptors (Lipinski definition) is 6. The molecule has 30 heavy (non-hydrogen) atoms. The average Bonchev–Trinajstić information content (AvgIpc) is 3.47. The third-order valence-electron chi connectivity index (χ3n) is 5.55. The quantitative estimate of drug-likeness (QED) is 0.678. The number of carboxylic acids is 1. The Balaban J connectivity index is 1.56. The SMILES string of the molecule is O=C(O)c1cn(C2CC2)c2cc(-n3cc(CN4CCOCC4)nn3)c(F)cc2c1=O. The van der Waals surface area contributed by atoms with Gasteiger partial charge in [0.15, 0.2) is 0 Å². The van der Waals surface area contributed by atoms with Gasteiger partial charge in [-0.3, -0.25) is 9.69 Å². The zero-order valence-corrected chi connectivity index (χ0v) is 16.1. The van der Waals surface area contributed by atoms with E-state index >= 15 is 0 Å². The van der Waals surface area contributed by atoms with Gasteiger partial charge >= 0.3 is 5.97 Å². The third kappa shape index (κ3) is 3.37. The molecule has 10 heteroatoms. The molecule has 0 bridgehead atoms. The molecule has 2 aromatic heterocycles. The molecular formula is C20H20FN5O4. The summed E-state index contributed by atoms with van der Waals surface area (Å²) in [5.74, 6) is -1.97. The van der Waals surface area contributed by atoms with Crippen LogP contribution in [0, 0.1) is 5.82 Å². The number of benzene rings is 1. The van der Waals surface area contributed by atoms with Crippen molar-refractivity contribution >= 4 is 16.9 Å². The number of carbonyl (C=O) groups is 1. The Hall–Kier alpha value is -3.11. The number of morpholine rings is 1. The maximum Gasteiger partial charge on any atom is 0.341 e. The van der Waals surface area contributed by atoms with Gasteiger partial charge in [-0.05, 0) is 25.0 Å². The molecule has 2 aliphatic rings. The first kappa shape index (κ1) is 18.9. The van der Waals surface area contributed by atoms with E-state index in [1.54, 1.807) is 16.8 Å². The van der Waals surface area contributed by atoms with Crippen LogP contribution >= 0.6 is 0 Å². The van der Waals surface area contributed by atoms with Gasteiger partial charge in [0.1, 0.15) is 17.1 Å². The van der Waals surface area contributed by atoms with Crippen LogP contribution in [0.2, 0.25) is 0 Å². The summed E-state index contributed by atoms with van der Waals surface area (Å²) < 4.78 is 23.4. The normalized spacial score (nSPS) is 17.5. The largest absolute Gasteiger partial charge is 0.477 e. The molecule has 3 aromatic rings. The predicted molar refractivity (Wildman–Crippen MR) is 104 cm³/mol. The molecule has 1 saturated heterocycles. The van der Waals surface area contributed by atoms with Crippen molar-refractivity contribution in [3.8, 4) is 5.69 Å². The summed E-state index contributed by atoms with van der Waals surface area (Å²) in [6.07, 6.45) is 4.80. The van der Waals surface area contributed by atoms with Crippen molar-refractivity contribution in [2.45, 2.75) is 25.4 Å². The van der Waals surface area contributed by atoms with Gasteiger partial charge in [-0.1, -0.05) is 5.21 Å². The summed E-state index contributed by atoms with van der Waals surface area (Å²) in [6, 6.07) is 2.75. The Bertz CT molecular complexity index is 1190. The van der Waals surface area contributed by atoms with Crippen LogP contribution in [0.1, 0.15) is 34.9 Å². The average molecular weight is 413 g/mol. The number of hydrogen-bond donors (Lipinski definition) is 1. The molecule has 1 aliphatic heterocycles. The van der Waals surface area contributed by atoms with Crippen LogP contribution in [0.3, 0.4) is 0 Å². The molecule has 1 aromatic carbocycles. The van der Waals surface area contributed by atoms with E-state index in [4.69, 9.17) is 4.74 Å². The van der Waals surface area contributed by atoms with E-state index in [9.17, 15) is 19.1 Å². The number of aromatic carboxylic acids is 1. The summed E-state index contributed by atoms with van der Waals surface area (Å²) in [6.45, 7) is 3.54. The third-order valence-corrected chi connectivity index (χ3v) is 5.55. The van der Waals surface area contributed by atoms with E-state index < -0.39 is 17.2 Å². The van der Waals surface area contributed by atoms with Crippen LogP contribution in [-0.4, -0.2) is 61.8 Å². The highest BCUT2D eigenvalue weighted by atomic mass is 19.1. The lowest BCUT2D eigenvalue weighted by Gasteiger charge is -2.25. The van der Waals surface area contributed by atoms with E-state index in [1.165, 1.54) is 10.9 Å². The van der Waals surface area contributed by atoms with Crippen LogP contribution in [0.25, 0.3) is 16.6 Å². The summed E-state index contributed by atoms with van der Waals surface area (Å²) in [7, 11) is 0. The molecule has 3 heterocycles. The fraction of sp³-hybridized carbons (Fsp3) is 0.400. The standard InChI is InChI=1S/C20H20FN5O4/c21-16-7-14-17(25(13-1-2-13)11-15(19(14)27)20(28)29)8-18(16)26-10-12(22-23-26)9-24-3-5-30-6-4-24/h7-8,10-11,13H,1-6,9H2,(H,28,29). The van der Waals surface area contributed by atoms with Gasteiger partial charge in [-0.2, -0.15) is 0 Å². The molecule has 0 amide bonds. The Morgan fingerprint density at radius 2 is 2.00 bits per heavy atom. The summed E-state index contributed by atoms with van der Waals surface area (Å²) in [5, 5.41) is 17.6. The number of carboxylic acid groups (broad SMARTS) is 1. The summed E-state index contributed by atoms with van der Waals surface area (Å²) >= 11 is 0. The molecule has 0 radical (unpaired) electrons. The number of ether oxygens (including phenoxy) is 1. The molecule has 156 valence electrons. The number of nitrogens with zero attached hydrogens (tertiary/aromatic N) is 5. The Labute approximate surface area is 170 Å². The van der Waals surface area contributed by atoms with Crippen molar-refractivity contribution in [3.05, 3.63) is 51.8 Å². The first-order chi connectivity index (χ1) is 14.5. The second kappa shape index (κ2) is 7.29. The lowest BCUT2D eigenvalue weighted by Crippen LogP contribution is -2.35. The lowest BCUT2D eigenvalue weighted by atomic mass is 10.1. The molecule has 9 nitrogen and oxygen atoms in total. The molecule has 0 atom stereocenters. The molecule has 0 unspecified atom stereocenters. The number of rotatable bonds is 5. The van der Waals surface area contributed by atoms with Crippen LogP contribution in [0.5, 0.6) is 0 Å². The number of halogens is 1.